The molecule has 0 spiro atoms. The molecule has 2 heterocycles. The summed E-state index contributed by atoms with van der Waals surface area (Å²) in [4.78, 5) is 17.1. The smallest absolute Gasteiger partial charge is 0.257 e. The Morgan fingerprint density at radius 2 is 2.14 bits per heavy atom. The minimum absolute atomic E-state index is 0.00675. The Morgan fingerprint density at radius 3 is 2.77 bits per heavy atom. The van der Waals surface area contributed by atoms with Crippen LogP contribution in [0.1, 0.15) is 53.6 Å². The SMILES string of the molecule is CCCCC(CN)NC(=O)c1c(C)nn2c(C)cc(C)nc12. The Hall–Kier alpha value is -1.95. The second-order valence-electron chi connectivity index (χ2n) is 5.78. The number of unbranched alkanes of at least 4 members (excludes halogenated alkanes) is 1. The van der Waals surface area contributed by atoms with Crippen molar-refractivity contribution >= 4 is 11.6 Å². The van der Waals surface area contributed by atoms with Crippen molar-refractivity contribution in [3.05, 3.63) is 28.7 Å². The third-order valence-corrected chi connectivity index (χ3v) is 3.82. The molecule has 6 nitrogen and oxygen atoms in total. The van der Waals surface area contributed by atoms with E-state index in [0.29, 0.717) is 23.4 Å². The van der Waals surface area contributed by atoms with Gasteiger partial charge in [-0.2, -0.15) is 5.10 Å². The van der Waals surface area contributed by atoms with Crippen LogP contribution in [0, 0.1) is 20.8 Å². The van der Waals surface area contributed by atoms with Gasteiger partial charge in [0.2, 0.25) is 0 Å². The van der Waals surface area contributed by atoms with Crippen molar-refractivity contribution in [1.29, 1.82) is 0 Å². The molecule has 22 heavy (non-hydrogen) atoms. The van der Waals surface area contributed by atoms with E-state index in [9.17, 15) is 4.79 Å². The highest BCUT2D eigenvalue weighted by atomic mass is 16.1. The van der Waals surface area contributed by atoms with E-state index in [1.807, 2.05) is 26.8 Å². The largest absolute Gasteiger partial charge is 0.348 e. The first kappa shape index (κ1) is 16.4. The summed E-state index contributed by atoms with van der Waals surface area (Å²) >= 11 is 0. The zero-order valence-electron chi connectivity index (χ0n) is 13.8. The van der Waals surface area contributed by atoms with Crippen LogP contribution in [-0.4, -0.2) is 33.1 Å². The molecule has 1 unspecified atom stereocenters. The summed E-state index contributed by atoms with van der Waals surface area (Å²) in [5, 5.41) is 7.45. The van der Waals surface area contributed by atoms with Gasteiger partial charge in [-0.05, 0) is 33.3 Å². The van der Waals surface area contributed by atoms with Gasteiger partial charge in [0.1, 0.15) is 5.56 Å². The molecule has 3 N–H and O–H groups in total. The van der Waals surface area contributed by atoms with Gasteiger partial charge in [-0.1, -0.05) is 19.8 Å². The van der Waals surface area contributed by atoms with E-state index in [2.05, 4.69) is 22.3 Å². The number of fused-ring (bicyclic) bond motifs is 1. The highest BCUT2D eigenvalue weighted by Crippen LogP contribution is 2.16. The molecule has 2 aromatic rings. The molecule has 6 heteroatoms. The average molecular weight is 303 g/mol. The average Bonchev–Trinajstić information content (AvgIpc) is 2.79. The lowest BCUT2D eigenvalue weighted by Crippen LogP contribution is -2.40. The third-order valence-electron chi connectivity index (χ3n) is 3.82. The molecule has 2 rings (SSSR count). The molecule has 0 saturated heterocycles. The molecule has 0 fully saturated rings. The van der Waals surface area contributed by atoms with Crippen molar-refractivity contribution < 1.29 is 4.79 Å². The van der Waals surface area contributed by atoms with Crippen LogP contribution in [0.4, 0.5) is 0 Å². The number of rotatable bonds is 6. The highest BCUT2D eigenvalue weighted by molar-refractivity contribution is 6.01. The predicted molar refractivity (Wildman–Crippen MR) is 87.0 cm³/mol. The molecule has 0 radical (unpaired) electrons. The van der Waals surface area contributed by atoms with E-state index in [0.717, 1.165) is 30.7 Å². The second kappa shape index (κ2) is 6.87. The van der Waals surface area contributed by atoms with Crippen molar-refractivity contribution in [2.45, 2.75) is 53.0 Å². The molecule has 0 bridgehead atoms. The lowest BCUT2D eigenvalue weighted by Gasteiger charge is -2.16. The standard InChI is InChI=1S/C16H25N5O/c1-5-6-7-13(9-17)19-16(22)14-12(4)20-21-11(3)8-10(2)18-15(14)21/h8,13H,5-7,9,17H2,1-4H3,(H,19,22). The van der Waals surface area contributed by atoms with Gasteiger partial charge in [0.25, 0.3) is 5.91 Å². The van der Waals surface area contributed by atoms with Crippen molar-refractivity contribution in [3.8, 4) is 0 Å². The van der Waals surface area contributed by atoms with Crippen LogP contribution in [0.3, 0.4) is 0 Å². The van der Waals surface area contributed by atoms with Gasteiger partial charge in [-0.25, -0.2) is 9.50 Å². The molecule has 0 aromatic carbocycles. The molecule has 120 valence electrons. The van der Waals surface area contributed by atoms with E-state index in [4.69, 9.17) is 5.73 Å². The first-order chi connectivity index (χ1) is 10.5. The molecule has 1 atom stereocenters. The Morgan fingerprint density at radius 1 is 1.41 bits per heavy atom. The van der Waals surface area contributed by atoms with Crippen LogP contribution < -0.4 is 11.1 Å². The number of nitrogens with zero attached hydrogens (tertiary/aromatic N) is 3. The number of nitrogens with one attached hydrogen (secondary N) is 1. The van der Waals surface area contributed by atoms with E-state index >= 15 is 0 Å². The maximum Gasteiger partial charge on any atom is 0.257 e. The molecule has 0 aliphatic carbocycles. The zero-order valence-corrected chi connectivity index (χ0v) is 13.8. The topological polar surface area (TPSA) is 85.3 Å². The fourth-order valence-corrected chi connectivity index (χ4v) is 2.65. The zero-order chi connectivity index (χ0) is 16.3. The van der Waals surface area contributed by atoms with Crippen molar-refractivity contribution in [2.75, 3.05) is 6.54 Å². The first-order valence-corrected chi connectivity index (χ1v) is 7.82. The monoisotopic (exact) mass is 303 g/mol. The number of aromatic nitrogens is 3. The molecule has 2 aromatic heterocycles. The normalized spacial score (nSPS) is 12.6. The van der Waals surface area contributed by atoms with Gasteiger partial charge in [0, 0.05) is 24.0 Å². The number of carbonyl (C=O) groups is 1. The van der Waals surface area contributed by atoms with Gasteiger partial charge in [0.05, 0.1) is 5.69 Å². The van der Waals surface area contributed by atoms with E-state index < -0.39 is 0 Å². The molecule has 0 saturated carbocycles. The minimum Gasteiger partial charge on any atom is -0.348 e. The van der Waals surface area contributed by atoms with Gasteiger partial charge in [0.15, 0.2) is 5.65 Å². The van der Waals surface area contributed by atoms with Gasteiger partial charge in [-0.15, -0.1) is 0 Å². The molecule has 0 aliphatic rings. The quantitative estimate of drug-likeness (QED) is 0.853. The van der Waals surface area contributed by atoms with Crippen molar-refractivity contribution in [3.63, 3.8) is 0 Å². The maximum absolute atomic E-state index is 12.6. The minimum atomic E-state index is -0.142. The first-order valence-electron chi connectivity index (χ1n) is 7.82. The van der Waals surface area contributed by atoms with Crippen LogP contribution in [0.25, 0.3) is 5.65 Å². The van der Waals surface area contributed by atoms with Gasteiger partial charge < -0.3 is 11.1 Å². The molecule has 1 amide bonds. The summed E-state index contributed by atoms with van der Waals surface area (Å²) < 4.78 is 1.72. The summed E-state index contributed by atoms with van der Waals surface area (Å²) in [6.07, 6.45) is 3.02. The number of hydrogen-bond donors (Lipinski definition) is 2. The van der Waals surface area contributed by atoms with Gasteiger partial charge >= 0.3 is 0 Å². The summed E-state index contributed by atoms with van der Waals surface area (Å²) in [6.45, 7) is 8.28. The molecular weight excluding hydrogens is 278 g/mol. The van der Waals surface area contributed by atoms with Crippen LogP contribution in [0.15, 0.2) is 6.07 Å². The fourth-order valence-electron chi connectivity index (χ4n) is 2.65. The van der Waals surface area contributed by atoms with Gasteiger partial charge in [-0.3, -0.25) is 4.79 Å². The number of amides is 1. The van der Waals surface area contributed by atoms with E-state index in [1.54, 1.807) is 4.52 Å². The summed E-state index contributed by atoms with van der Waals surface area (Å²) in [5.74, 6) is -0.142. The number of carbonyl (C=O) groups excluding carboxylic acids is 1. The second-order valence-corrected chi connectivity index (χ2v) is 5.78. The number of aryl methyl sites for hydroxylation is 3. The molecule has 0 aliphatic heterocycles. The Labute approximate surface area is 131 Å². The maximum atomic E-state index is 12.6. The Balaban J connectivity index is 2.33. The van der Waals surface area contributed by atoms with Crippen molar-refractivity contribution in [1.82, 2.24) is 19.9 Å². The van der Waals surface area contributed by atoms with Crippen LogP contribution in [0.5, 0.6) is 0 Å². The lowest BCUT2D eigenvalue weighted by atomic mass is 10.1. The molecular formula is C16H25N5O. The lowest BCUT2D eigenvalue weighted by molar-refractivity contribution is 0.0936. The van der Waals surface area contributed by atoms with E-state index in [1.165, 1.54) is 0 Å². The number of hydrogen-bond acceptors (Lipinski definition) is 4. The summed E-state index contributed by atoms with van der Waals surface area (Å²) in [7, 11) is 0. The Bertz CT molecular complexity index is 677. The number of nitrogens with two attached hydrogens (primary N) is 1. The summed E-state index contributed by atoms with van der Waals surface area (Å²) in [6, 6.07) is 1.94. The van der Waals surface area contributed by atoms with E-state index in [-0.39, 0.29) is 11.9 Å². The van der Waals surface area contributed by atoms with Crippen LogP contribution in [0.2, 0.25) is 0 Å². The van der Waals surface area contributed by atoms with Crippen LogP contribution in [-0.2, 0) is 0 Å². The summed E-state index contributed by atoms with van der Waals surface area (Å²) in [5.41, 5.74) is 9.44. The highest BCUT2D eigenvalue weighted by Gasteiger charge is 2.21. The van der Waals surface area contributed by atoms with Crippen molar-refractivity contribution in [2.24, 2.45) is 5.73 Å². The van der Waals surface area contributed by atoms with Crippen LogP contribution >= 0.6 is 0 Å². The Kier molecular flexibility index (Phi) is 5.13. The third kappa shape index (κ3) is 3.27. The predicted octanol–water partition coefficient (Wildman–Crippen LogP) is 1.90. The fraction of sp³-hybridized carbons (Fsp3) is 0.562.